The zero-order chi connectivity index (χ0) is 18.3. The molecule has 2 aliphatic rings. The summed E-state index contributed by atoms with van der Waals surface area (Å²) in [6.07, 6.45) is 3.48. The van der Waals surface area contributed by atoms with Crippen LogP contribution in [0.2, 0.25) is 5.02 Å². The van der Waals surface area contributed by atoms with Crippen molar-refractivity contribution < 1.29 is 9.53 Å². The monoisotopic (exact) mass is 369 g/mol. The van der Waals surface area contributed by atoms with Gasteiger partial charge < -0.3 is 9.64 Å². The van der Waals surface area contributed by atoms with Crippen LogP contribution < -0.4 is 4.74 Å². The third-order valence-electron chi connectivity index (χ3n) is 6.17. The molecule has 1 heterocycles. The van der Waals surface area contributed by atoms with E-state index in [-0.39, 0.29) is 17.4 Å². The first-order valence-corrected chi connectivity index (χ1v) is 9.60. The van der Waals surface area contributed by atoms with Crippen molar-refractivity contribution in [2.75, 3.05) is 7.11 Å². The van der Waals surface area contributed by atoms with Crippen molar-refractivity contribution in [3.63, 3.8) is 0 Å². The fourth-order valence-corrected chi connectivity index (χ4v) is 4.92. The summed E-state index contributed by atoms with van der Waals surface area (Å²) in [6, 6.07) is 14.5. The van der Waals surface area contributed by atoms with E-state index in [1.807, 2.05) is 18.2 Å². The smallest absolute Gasteiger partial charge is 0.223 e. The van der Waals surface area contributed by atoms with Crippen LogP contribution in [0.15, 0.2) is 42.5 Å². The zero-order valence-corrected chi connectivity index (χ0v) is 16.1. The van der Waals surface area contributed by atoms with E-state index in [0.717, 1.165) is 35.6 Å². The Morgan fingerprint density at radius 2 is 1.96 bits per heavy atom. The molecule has 2 aromatic carbocycles. The van der Waals surface area contributed by atoms with Gasteiger partial charge in [0.2, 0.25) is 5.91 Å². The number of hydrogen-bond acceptors (Lipinski definition) is 2. The zero-order valence-electron chi connectivity index (χ0n) is 15.3. The highest BCUT2D eigenvalue weighted by molar-refractivity contribution is 6.30. The fourth-order valence-electron chi connectivity index (χ4n) is 4.73. The molecule has 2 aromatic rings. The number of likely N-dealkylation sites (tertiary alicyclic amines) is 1. The van der Waals surface area contributed by atoms with Crippen LogP contribution in [0.4, 0.5) is 0 Å². The molecule has 1 fully saturated rings. The molecule has 2 atom stereocenters. The lowest BCUT2D eigenvalue weighted by Crippen LogP contribution is -2.57. The number of hydrogen-bond donors (Lipinski definition) is 0. The lowest BCUT2D eigenvalue weighted by atomic mass is 9.63. The summed E-state index contributed by atoms with van der Waals surface area (Å²) in [5.74, 6) is 1.10. The average molecular weight is 370 g/mol. The highest BCUT2D eigenvalue weighted by atomic mass is 35.5. The van der Waals surface area contributed by atoms with Gasteiger partial charge in [0.25, 0.3) is 0 Å². The second-order valence-electron chi connectivity index (χ2n) is 7.64. The molecule has 1 aliphatic heterocycles. The Morgan fingerprint density at radius 1 is 1.19 bits per heavy atom. The molecule has 0 unspecified atom stereocenters. The van der Waals surface area contributed by atoms with Gasteiger partial charge in [0, 0.05) is 29.4 Å². The molecule has 1 saturated heterocycles. The number of methoxy groups -OCH3 is 1. The summed E-state index contributed by atoms with van der Waals surface area (Å²) < 4.78 is 5.24. The maximum atomic E-state index is 12.8. The summed E-state index contributed by atoms with van der Waals surface area (Å²) in [6.45, 7) is 2.98. The van der Waals surface area contributed by atoms with Crippen LogP contribution in [0, 0.1) is 0 Å². The SMILES string of the molecule is COc1ccc(CN2C(=O)CC[C@@]3(C)c4ccc(Cl)cc4CC[C@H]23)cc1. The van der Waals surface area contributed by atoms with E-state index in [0.29, 0.717) is 13.0 Å². The molecular formula is C22H24ClNO2. The number of piperidine rings is 1. The van der Waals surface area contributed by atoms with Gasteiger partial charge in [-0.05, 0) is 60.2 Å². The lowest BCUT2D eigenvalue weighted by molar-refractivity contribution is -0.141. The molecule has 0 radical (unpaired) electrons. The normalized spacial score (nSPS) is 24.8. The second-order valence-corrected chi connectivity index (χ2v) is 8.08. The Labute approximate surface area is 159 Å². The molecule has 0 spiro atoms. The Balaban J connectivity index is 1.65. The number of amides is 1. The van der Waals surface area contributed by atoms with E-state index in [1.54, 1.807) is 7.11 Å². The van der Waals surface area contributed by atoms with Gasteiger partial charge in [-0.3, -0.25) is 4.79 Å². The van der Waals surface area contributed by atoms with Crippen molar-refractivity contribution in [3.05, 3.63) is 64.2 Å². The van der Waals surface area contributed by atoms with Gasteiger partial charge in [-0.25, -0.2) is 0 Å². The van der Waals surface area contributed by atoms with E-state index in [9.17, 15) is 4.79 Å². The van der Waals surface area contributed by atoms with Gasteiger partial charge in [0.1, 0.15) is 5.75 Å². The van der Waals surface area contributed by atoms with Crippen molar-refractivity contribution in [1.82, 2.24) is 4.90 Å². The summed E-state index contributed by atoms with van der Waals surface area (Å²) in [7, 11) is 1.67. The van der Waals surface area contributed by atoms with Crippen LogP contribution in [0.1, 0.15) is 42.9 Å². The van der Waals surface area contributed by atoms with Gasteiger partial charge in [0.05, 0.1) is 7.11 Å². The first-order chi connectivity index (χ1) is 12.5. The minimum absolute atomic E-state index is 0.00144. The van der Waals surface area contributed by atoms with Gasteiger partial charge in [-0.2, -0.15) is 0 Å². The molecule has 26 heavy (non-hydrogen) atoms. The standard InChI is InChI=1S/C22H24ClNO2/c1-22-12-11-21(25)24(14-15-3-7-18(26-2)8-4-15)20(22)10-5-16-13-17(23)6-9-19(16)22/h3-4,6-9,13,20H,5,10-12,14H2,1-2H3/t20-,22-/m0/s1. The molecule has 0 saturated carbocycles. The molecule has 0 aromatic heterocycles. The van der Waals surface area contributed by atoms with Crippen LogP contribution in [0.3, 0.4) is 0 Å². The summed E-state index contributed by atoms with van der Waals surface area (Å²) in [5, 5.41) is 0.799. The molecule has 4 heteroatoms. The number of rotatable bonds is 3. The molecule has 3 nitrogen and oxygen atoms in total. The van der Waals surface area contributed by atoms with Gasteiger partial charge >= 0.3 is 0 Å². The lowest BCUT2D eigenvalue weighted by Gasteiger charge is -2.51. The highest BCUT2D eigenvalue weighted by Crippen LogP contribution is 2.46. The van der Waals surface area contributed by atoms with Crippen molar-refractivity contribution >= 4 is 17.5 Å². The van der Waals surface area contributed by atoms with E-state index in [4.69, 9.17) is 16.3 Å². The van der Waals surface area contributed by atoms with E-state index in [2.05, 4.69) is 36.1 Å². The number of benzene rings is 2. The quantitative estimate of drug-likeness (QED) is 0.781. The number of halogens is 1. The average Bonchev–Trinajstić information content (AvgIpc) is 2.65. The van der Waals surface area contributed by atoms with E-state index in [1.165, 1.54) is 11.1 Å². The summed E-state index contributed by atoms with van der Waals surface area (Å²) >= 11 is 6.21. The van der Waals surface area contributed by atoms with Gasteiger partial charge in [-0.15, -0.1) is 0 Å². The van der Waals surface area contributed by atoms with Crippen molar-refractivity contribution in [2.24, 2.45) is 0 Å². The predicted molar refractivity (Wildman–Crippen MR) is 104 cm³/mol. The van der Waals surface area contributed by atoms with Crippen LogP contribution in [0.25, 0.3) is 0 Å². The molecule has 1 amide bonds. The number of aryl methyl sites for hydroxylation is 1. The molecule has 1 aliphatic carbocycles. The molecule has 0 bridgehead atoms. The third kappa shape index (κ3) is 2.88. The topological polar surface area (TPSA) is 29.5 Å². The van der Waals surface area contributed by atoms with Crippen LogP contribution >= 0.6 is 11.6 Å². The maximum absolute atomic E-state index is 12.8. The first-order valence-electron chi connectivity index (χ1n) is 9.22. The van der Waals surface area contributed by atoms with Gasteiger partial charge in [-0.1, -0.05) is 36.7 Å². The Kier molecular flexibility index (Phi) is 4.44. The van der Waals surface area contributed by atoms with E-state index >= 15 is 0 Å². The molecular weight excluding hydrogens is 346 g/mol. The largest absolute Gasteiger partial charge is 0.497 e. The molecule has 136 valence electrons. The summed E-state index contributed by atoms with van der Waals surface area (Å²) in [4.78, 5) is 14.9. The fraction of sp³-hybridized carbons (Fsp3) is 0.409. The Bertz CT molecular complexity index is 833. The predicted octanol–water partition coefficient (Wildman–Crippen LogP) is 4.74. The second kappa shape index (κ2) is 6.62. The highest BCUT2D eigenvalue weighted by Gasteiger charge is 2.47. The number of ether oxygens (including phenoxy) is 1. The van der Waals surface area contributed by atoms with Gasteiger partial charge in [0.15, 0.2) is 0 Å². The van der Waals surface area contributed by atoms with Crippen molar-refractivity contribution in [1.29, 1.82) is 0 Å². The number of carbonyl (C=O) groups is 1. The third-order valence-corrected chi connectivity index (χ3v) is 6.41. The van der Waals surface area contributed by atoms with Crippen LogP contribution in [-0.2, 0) is 23.2 Å². The van der Waals surface area contributed by atoms with Crippen LogP contribution in [0.5, 0.6) is 5.75 Å². The van der Waals surface area contributed by atoms with E-state index < -0.39 is 0 Å². The molecule has 4 rings (SSSR count). The van der Waals surface area contributed by atoms with Crippen LogP contribution in [-0.4, -0.2) is 24.0 Å². The number of fused-ring (bicyclic) bond motifs is 3. The molecule has 0 N–H and O–H groups in total. The minimum Gasteiger partial charge on any atom is -0.497 e. The maximum Gasteiger partial charge on any atom is 0.223 e. The van der Waals surface area contributed by atoms with Crippen molar-refractivity contribution in [3.8, 4) is 5.75 Å². The number of carbonyl (C=O) groups excluding carboxylic acids is 1. The van der Waals surface area contributed by atoms with Crippen molar-refractivity contribution in [2.45, 2.75) is 50.6 Å². The summed E-state index contributed by atoms with van der Waals surface area (Å²) in [5.41, 5.74) is 3.85. The first kappa shape index (κ1) is 17.4. The Hall–Kier alpha value is -2.00. The minimum atomic E-state index is -0.00144. The Morgan fingerprint density at radius 3 is 2.69 bits per heavy atom. The number of nitrogens with zero attached hydrogens (tertiary/aromatic N) is 1.